The van der Waals surface area contributed by atoms with Gasteiger partial charge in [0.1, 0.15) is 24.4 Å². The second kappa shape index (κ2) is 9.75. The van der Waals surface area contributed by atoms with Crippen LogP contribution >= 0.6 is 23.4 Å². The van der Waals surface area contributed by atoms with Crippen LogP contribution in [0.1, 0.15) is 24.8 Å². The number of halogens is 3. The van der Waals surface area contributed by atoms with E-state index < -0.39 is 18.7 Å². The van der Waals surface area contributed by atoms with Crippen LogP contribution in [0.2, 0.25) is 0 Å². The molecule has 1 aromatic heterocycles. The molecule has 9 heteroatoms. The normalized spacial score (nSPS) is 20.5. The average molecular weight is 475 g/mol. The van der Waals surface area contributed by atoms with Gasteiger partial charge >= 0.3 is 0 Å². The van der Waals surface area contributed by atoms with Gasteiger partial charge in [0, 0.05) is 35.4 Å². The van der Waals surface area contributed by atoms with Crippen molar-refractivity contribution in [3.8, 4) is 0 Å². The summed E-state index contributed by atoms with van der Waals surface area (Å²) in [5.41, 5.74) is 3.11. The minimum atomic E-state index is -0.822. The van der Waals surface area contributed by atoms with E-state index in [0.29, 0.717) is 22.4 Å². The lowest BCUT2D eigenvalue weighted by atomic mass is 10.1. The molecule has 3 aliphatic rings. The Morgan fingerprint density at radius 3 is 3.06 bits per heavy atom. The summed E-state index contributed by atoms with van der Waals surface area (Å²) in [4.78, 5) is 7.45. The molecule has 0 fully saturated rings. The fraction of sp³-hybridized carbons (Fsp3) is 0.217. The summed E-state index contributed by atoms with van der Waals surface area (Å²) in [6, 6.07) is 1.86. The Hall–Kier alpha value is -2.84. The van der Waals surface area contributed by atoms with Gasteiger partial charge in [-0.2, -0.15) is 0 Å². The maximum absolute atomic E-state index is 14.2. The predicted molar refractivity (Wildman–Crippen MR) is 126 cm³/mol. The first-order valence-electron chi connectivity index (χ1n) is 9.92. The Balaban J connectivity index is 1.43. The molecule has 1 aromatic rings. The summed E-state index contributed by atoms with van der Waals surface area (Å²) in [6.45, 7) is 5.24. The van der Waals surface area contributed by atoms with Crippen molar-refractivity contribution in [1.82, 2.24) is 15.4 Å². The zero-order valence-corrected chi connectivity index (χ0v) is 18.9. The van der Waals surface area contributed by atoms with E-state index in [1.807, 2.05) is 42.4 Å². The number of nitrogens with one attached hydrogen (secondary N) is 1. The predicted octanol–water partition coefficient (Wildman–Crippen LogP) is 6.10. The number of rotatable bonds is 7. The van der Waals surface area contributed by atoms with E-state index in [2.05, 4.69) is 22.0 Å². The van der Waals surface area contributed by atoms with Crippen LogP contribution in [0.3, 0.4) is 0 Å². The van der Waals surface area contributed by atoms with Crippen LogP contribution in [0, 0.1) is 0 Å². The van der Waals surface area contributed by atoms with Crippen molar-refractivity contribution >= 4 is 34.0 Å². The summed E-state index contributed by atoms with van der Waals surface area (Å²) in [5, 5.41) is 7.43. The molecule has 2 aliphatic heterocycles. The van der Waals surface area contributed by atoms with Gasteiger partial charge in [0.05, 0.1) is 22.3 Å². The topological polar surface area (TPSA) is 53.7 Å². The first kappa shape index (κ1) is 22.4. The lowest BCUT2D eigenvalue weighted by molar-refractivity contribution is 0.339. The molecule has 0 amide bonds. The Morgan fingerprint density at radius 1 is 1.47 bits per heavy atom. The fourth-order valence-corrected chi connectivity index (χ4v) is 4.25. The maximum Gasteiger partial charge on any atom is 0.157 e. The van der Waals surface area contributed by atoms with Crippen LogP contribution in [-0.4, -0.2) is 28.6 Å². The van der Waals surface area contributed by atoms with Gasteiger partial charge in [-0.3, -0.25) is 4.99 Å². The summed E-state index contributed by atoms with van der Waals surface area (Å²) < 4.78 is 33.1. The van der Waals surface area contributed by atoms with Crippen LogP contribution in [-0.2, 0) is 6.54 Å². The lowest BCUT2D eigenvalue weighted by Crippen LogP contribution is -2.26. The molecular formula is C23H21ClF2N4OS. The highest BCUT2D eigenvalue weighted by Crippen LogP contribution is 2.34. The fourth-order valence-electron chi connectivity index (χ4n) is 3.44. The van der Waals surface area contributed by atoms with E-state index in [4.69, 9.17) is 16.1 Å². The van der Waals surface area contributed by atoms with Crippen molar-refractivity contribution in [3.05, 3.63) is 93.9 Å². The molecule has 1 atom stereocenters. The van der Waals surface area contributed by atoms with Gasteiger partial charge in [0.15, 0.2) is 5.76 Å². The zero-order chi connectivity index (χ0) is 22.7. The van der Waals surface area contributed by atoms with Gasteiger partial charge in [-0.05, 0) is 18.6 Å². The Kier molecular flexibility index (Phi) is 6.81. The molecule has 0 spiro atoms. The van der Waals surface area contributed by atoms with Crippen LogP contribution in [0.4, 0.5) is 8.78 Å². The Bertz CT molecular complexity index is 1140. The van der Waals surface area contributed by atoms with Crippen molar-refractivity contribution in [3.63, 3.8) is 0 Å². The highest BCUT2D eigenvalue weighted by atomic mass is 35.5. The number of aliphatic imine (C=N–C) groups is 1. The van der Waals surface area contributed by atoms with Crippen molar-refractivity contribution in [1.29, 1.82) is 0 Å². The third kappa shape index (κ3) is 4.97. The molecule has 1 unspecified atom stereocenters. The quantitative estimate of drug-likeness (QED) is 0.517. The number of hydrogen-bond donors (Lipinski definition) is 1. The van der Waals surface area contributed by atoms with E-state index in [1.54, 1.807) is 12.2 Å². The van der Waals surface area contributed by atoms with E-state index >= 15 is 0 Å². The average Bonchev–Trinajstić information content (AvgIpc) is 3.35. The summed E-state index contributed by atoms with van der Waals surface area (Å²) >= 11 is 7.22. The molecule has 3 heterocycles. The summed E-state index contributed by atoms with van der Waals surface area (Å²) in [6.07, 6.45) is 12.1. The van der Waals surface area contributed by atoms with Gasteiger partial charge in [0.25, 0.3) is 0 Å². The Morgan fingerprint density at radius 2 is 2.31 bits per heavy atom. The van der Waals surface area contributed by atoms with Gasteiger partial charge in [-0.1, -0.05) is 59.4 Å². The van der Waals surface area contributed by atoms with E-state index in [-0.39, 0.29) is 12.0 Å². The first-order valence-corrected chi connectivity index (χ1v) is 11.1. The third-order valence-corrected chi connectivity index (χ3v) is 6.12. The smallest absolute Gasteiger partial charge is 0.157 e. The van der Waals surface area contributed by atoms with E-state index in [0.717, 1.165) is 21.9 Å². The molecule has 1 N–H and O–H groups in total. The molecule has 0 aromatic carbocycles. The van der Waals surface area contributed by atoms with Gasteiger partial charge in [-0.15, -0.1) is 0 Å². The number of aromatic nitrogens is 1. The number of alkyl halides is 1. The lowest BCUT2D eigenvalue weighted by Gasteiger charge is -2.19. The largest absolute Gasteiger partial charge is 0.359 e. The second-order valence-electron chi connectivity index (χ2n) is 7.22. The van der Waals surface area contributed by atoms with Gasteiger partial charge < -0.3 is 14.7 Å². The molecule has 32 heavy (non-hydrogen) atoms. The number of fused-ring (bicyclic) bond motifs is 1. The Labute approximate surface area is 194 Å². The molecule has 0 saturated heterocycles. The third-order valence-electron chi connectivity index (χ3n) is 5.00. The SMILES string of the molecule is C=C(Cl)S/C(=C\C)c1cc(CN2C=CC3=NC(C4=CC=CC(CF)=C(F)C4)NC3=C2)on1. The van der Waals surface area contributed by atoms with Gasteiger partial charge in [0.2, 0.25) is 0 Å². The number of allylic oxidation sites excluding steroid dienone is 7. The molecule has 4 rings (SSSR count). The molecule has 0 saturated carbocycles. The highest BCUT2D eigenvalue weighted by molar-refractivity contribution is 8.13. The van der Waals surface area contributed by atoms with E-state index in [1.165, 1.54) is 17.8 Å². The van der Waals surface area contributed by atoms with Gasteiger partial charge in [-0.25, -0.2) is 8.78 Å². The molecule has 0 radical (unpaired) electrons. The standard InChI is InChI=1S/C23H21ClF2N4OS/c1-3-22(32-14(2)24)20-10-17(31-29-20)12-30-8-7-19-21(13-30)28-23(27-19)15-5-4-6-16(11-25)18(26)9-15/h3-8,10,13,23,28H,2,9,11-12H2,1H3/b22-3-. The van der Waals surface area contributed by atoms with Crippen molar-refractivity contribution in [2.24, 2.45) is 4.99 Å². The zero-order valence-electron chi connectivity index (χ0n) is 17.3. The molecule has 166 valence electrons. The van der Waals surface area contributed by atoms with E-state index in [9.17, 15) is 8.78 Å². The summed E-state index contributed by atoms with van der Waals surface area (Å²) in [7, 11) is 0. The van der Waals surface area contributed by atoms with Crippen molar-refractivity contribution < 1.29 is 13.3 Å². The molecular weight excluding hydrogens is 454 g/mol. The van der Waals surface area contributed by atoms with Crippen LogP contribution in [0.5, 0.6) is 0 Å². The summed E-state index contributed by atoms with van der Waals surface area (Å²) in [5.74, 6) is 0.215. The first-order chi connectivity index (χ1) is 15.5. The maximum atomic E-state index is 14.2. The number of thioether (sulfide) groups is 1. The highest BCUT2D eigenvalue weighted by Gasteiger charge is 2.27. The van der Waals surface area contributed by atoms with Crippen LogP contribution in [0.15, 0.2) is 92.0 Å². The van der Waals surface area contributed by atoms with Crippen LogP contribution < -0.4 is 5.32 Å². The minimum Gasteiger partial charge on any atom is -0.359 e. The van der Waals surface area contributed by atoms with Crippen LogP contribution in [0.25, 0.3) is 4.91 Å². The number of hydrogen-bond acceptors (Lipinski definition) is 6. The monoisotopic (exact) mass is 474 g/mol. The minimum absolute atomic E-state index is 0.0300. The molecule has 0 bridgehead atoms. The molecule has 5 nitrogen and oxygen atoms in total. The second-order valence-corrected chi connectivity index (χ2v) is 9.04. The number of nitrogens with zero attached hydrogens (tertiary/aromatic N) is 3. The van der Waals surface area contributed by atoms with Crippen molar-refractivity contribution in [2.75, 3.05) is 6.67 Å². The van der Waals surface area contributed by atoms with Crippen molar-refractivity contribution in [2.45, 2.75) is 26.1 Å². The molecule has 1 aliphatic carbocycles.